The van der Waals surface area contributed by atoms with E-state index in [4.69, 9.17) is 4.74 Å². The number of hydrogen-bond donors (Lipinski definition) is 2. The Morgan fingerprint density at radius 2 is 1.72 bits per heavy atom. The fourth-order valence-corrected chi connectivity index (χ4v) is 2.20. The molecule has 25 heavy (non-hydrogen) atoms. The zero-order valence-electron chi connectivity index (χ0n) is 14.5. The number of rotatable bonds is 7. The molecule has 0 atom stereocenters. The average Bonchev–Trinajstić information content (AvgIpc) is 2.63. The van der Waals surface area contributed by atoms with E-state index in [0.717, 1.165) is 5.56 Å². The molecule has 0 bridgehead atoms. The molecule has 2 amide bonds. The molecule has 0 fully saturated rings. The van der Waals surface area contributed by atoms with Gasteiger partial charge in [0.15, 0.2) is 0 Å². The highest BCUT2D eigenvalue weighted by atomic mass is 16.5. The van der Waals surface area contributed by atoms with Crippen LogP contribution in [0, 0.1) is 6.92 Å². The molecule has 0 unspecified atom stereocenters. The Kier molecular flexibility index (Phi) is 6.34. The van der Waals surface area contributed by atoms with Gasteiger partial charge in [0.25, 0.3) is 5.91 Å². The van der Waals surface area contributed by atoms with Crippen molar-refractivity contribution in [1.29, 1.82) is 0 Å². The van der Waals surface area contributed by atoms with Crippen LogP contribution in [0.5, 0.6) is 5.75 Å². The smallest absolute Gasteiger partial charge is 0.255 e. The zero-order chi connectivity index (χ0) is 18.2. The second kappa shape index (κ2) is 8.68. The number of carbonyl (C=O) groups excluding carboxylic acids is 2. The van der Waals surface area contributed by atoms with Crippen LogP contribution < -0.4 is 15.4 Å². The Bertz CT molecular complexity index is 767. The SMILES string of the molecule is C=CCOc1ccc(C(=O)Nc2cccc(NC(=O)CC)c2C)cc1. The van der Waals surface area contributed by atoms with E-state index in [1.54, 1.807) is 49.4 Å². The lowest BCUT2D eigenvalue weighted by Gasteiger charge is -2.13. The van der Waals surface area contributed by atoms with Gasteiger partial charge in [-0.15, -0.1) is 0 Å². The van der Waals surface area contributed by atoms with Crippen LogP contribution in [0.15, 0.2) is 55.1 Å². The molecule has 0 aromatic heterocycles. The Morgan fingerprint density at radius 3 is 2.32 bits per heavy atom. The van der Waals surface area contributed by atoms with Gasteiger partial charge < -0.3 is 15.4 Å². The summed E-state index contributed by atoms with van der Waals surface area (Å²) in [6.07, 6.45) is 2.06. The minimum absolute atomic E-state index is 0.0679. The fourth-order valence-electron chi connectivity index (χ4n) is 2.20. The fraction of sp³-hybridized carbons (Fsp3) is 0.200. The first-order valence-corrected chi connectivity index (χ1v) is 8.09. The highest BCUT2D eigenvalue weighted by molar-refractivity contribution is 6.05. The Hall–Kier alpha value is -3.08. The predicted molar refractivity (Wildman–Crippen MR) is 100 cm³/mol. The summed E-state index contributed by atoms with van der Waals surface area (Å²) < 4.78 is 5.40. The van der Waals surface area contributed by atoms with Gasteiger partial charge in [0.1, 0.15) is 12.4 Å². The molecule has 0 aliphatic rings. The van der Waals surface area contributed by atoms with Crippen LogP contribution in [-0.4, -0.2) is 18.4 Å². The van der Waals surface area contributed by atoms with Crippen molar-refractivity contribution in [1.82, 2.24) is 0 Å². The van der Waals surface area contributed by atoms with Crippen LogP contribution in [-0.2, 0) is 4.79 Å². The summed E-state index contributed by atoms with van der Waals surface area (Å²) >= 11 is 0. The molecule has 0 saturated heterocycles. The maximum absolute atomic E-state index is 12.4. The van der Waals surface area contributed by atoms with Crippen molar-refractivity contribution in [3.63, 3.8) is 0 Å². The Labute approximate surface area is 147 Å². The van der Waals surface area contributed by atoms with E-state index in [9.17, 15) is 9.59 Å². The van der Waals surface area contributed by atoms with Crippen molar-refractivity contribution in [2.45, 2.75) is 20.3 Å². The summed E-state index contributed by atoms with van der Waals surface area (Å²) in [4.78, 5) is 24.0. The van der Waals surface area contributed by atoms with Gasteiger partial charge in [-0.2, -0.15) is 0 Å². The quantitative estimate of drug-likeness (QED) is 0.745. The van der Waals surface area contributed by atoms with Gasteiger partial charge in [-0.05, 0) is 48.9 Å². The van der Waals surface area contributed by atoms with Crippen molar-refractivity contribution in [2.24, 2.45) is 0 Å². The third-order valence-corrected chi connectivity index (χ3v) is 3.66. The molecule has 2 rings (SSSR count). The maximum atomic E-state index is 12.4. The van der Waals surface area contributed by atoms with Crippen LogP contribution in [0.2, 0.25) is 0 Å². The van der Waals surface area contributed by atoms with Crippen molar-refractivity contribution >= 4 is 23.2 Å². The monoisotopic (exact) mass is 338 g/mol. The molecule has 130 valence electrons. The Morgan fingerprint density at radius 1 is 1.08 bits per heavy atom. The highest BCUT2D eigenvalue weighted by Crippen LogP contribution is 2.24. The van der Waals surface area contributed by atoms with Crippen molar-refractivity contribution in [3.05, 3.63) is 66.2 Å². The number of ether oxygens (including phenoxy) is 1. The number of anilines is 2. The molecule has 5 heteroatoms. The van der Waals surface area contributed by atoms with Crippen molar-refractivity contribution in [2.75, 3.05) is 17.2 Å². The van der Waals surface area contributed by atoms with Crippen LogP contribution in [0.25, 0.3) is 0 Å². The molecule has 0 saturated carbocycles. The van der Waals surface area contributed by atoms with E-state index in [0.29, 0.717) is 35.7 Å². The number of carbonyl (C=O) groups is 2. The number of nitrogens with one attached hydrogen (secondary N) is 2. The standard InChI is InChI=1S/C20H22N2O3/c1-4-13-25-16-11-9-15(10-12-16)20(24)22-18-8-6-7-17(14(18)3)21-19(23)5-2/h4,6-12H,1,5,13H2,2-3H3,(H,21,23)(H,22,24). The van der Waals surface area contributed by atoms with Crippen LogP contribution in [0.1, 0.15) is 29.3 Å². The first-order chi connectivity index (χ1) is 12.0. The van der Waals surface area contributed by atoms with E-state index in [1.165, 1.54) is 0 Å². The van der Waals surface area contributed by atoms with E-state index in [1.807, 2.05) is 13.0 Å². The molecule has 0 radical (unpaired) electrons. The molecule has 0 aliphatic carbocycles. The molecule has 0 spiro atoms. The summed E-state index contributed by atoms with van der Waals surface area (Å²) in [5, 5.41) is 5.70. The summed E-state index contributed by atoms with van der Waals surface area (Å²) in [6.45, 7) is 7.65. The normalized spacial score (nSPS) is 10.0. The van der Waals surface area contributed by atoms with Crippen LogP contribution in [0.3, 0.4) is 0 Å². The second-order valence-electron chi connectivity index (χ2n) is 5.46. The largest absolute Gasteiger partial charge is 0.490 e. The van der Waals surface area contributed by atoms with E-state index in [2.05, 4.69) is 17.2 Å². The summed E-state index contributed by atoms with van der Waals surface area (Å²) in [5.74, 6) is 0.385. The first kappa shape index (κ1) is 18.3. The molecule has 0 aliphatic heterocycles. The van der Waals surface area contributed by atoms with Gasteiger partial charge in [0, 0.05) is 23.4 Å². The van der Waals surface area contributed by atoms with Crippen LogP contribution in [0.4, 0.5) is 11.4 Å². The molecule has 2 aromatic carbocycles. The molecular weight excluding hydrogens is 316 g/mol. The van der Waals surface area contributed by atoms with Crippen LogP contribution >= 0.6 is 0 Å². The van der Waals surface area contributed by atoms with Gasteiger partial charge in [-0.3, -0.25) is 9.59 Å². The van der Waals surface area contributed by atoms with Gasteiger partial charge in [-0.1, -0.05) is 25.6 Å². The van der Waals surface area contributed by atoms with Gasteiger partial charge in [0.2, 0.25) is 5.91 Å². The highest BCUT2D eigenvalue weighted by Gasteiger charge is 2.11. The van der Waals surface area contributed by atoms with Gasteiger partial charge in [0.05, 0.1) is 0 Å². The molecule has 0 heterocycles. The molecule has 5 nitrogen and oxygen atoms in total. The summed E-state index contributed by atoms with van der Waals surface area (Å²) in [7, 11) is 0. The second-order valence-corrected chi connectivity index (χ2v) is 5.46. The molecule has 2 N–H and O–H groups in total. The summed E-state index contributed by atoms with van der Waals surface area (Å²) in [6, 6.07) is 12.3. The lowest BCUT2D eigenvalue weighted by Crippen LogP contribution is -2.15. The lowest BCUT2D eigenvalue weighted by atomic mass is 10.1. The average molecular weight is 338 g/mol. The third-order valence-electron chi connectivity index (χ3n) is 3.66. The van der Waals surface area contributed by atoms with E-state index >= 15 is 0 Å². The topological polar surface area (TPSA) is 67.4 Å². The summed E-state index contributed by atoms with van der Waals surface area (Å²) in [5.41, 5.74) is 2.68. The zero-order valence-corrected chi connectivity index (χ0v) is 14.5. The van der Waals surface area contributed by atoms with E-state index < -0.39 is 0 Å². The first-order valence-electron chi connectivity index (χ1n) is 8.09. The number of benzene rings is 2. The maximum Gasteiger partial charge on any atom is 0.255 e. The minimum Gasteiger partial charge on any atom is -0.490 e. The third kappa shape index (κ3) is 4.94. The van der Waals surface area contributed by atoms with Crippen molar-refractivity contribution < 1.29 is 14.3 Å². The minimum atomic E-state index is -0.225. The van der Waals surface area contributed by atoms with Crippen molar-refractivity contribution in [3.8, 4) is 5.75 Å². The predicted octanol–water partition coefficient (Wildman–Crippen LogP) is 4.16. The molecule has 2 aromatic rings. The number of hydrogen-bond acceptors (Lipinski definition) is 3. The van der Waals surface area contributed by atoms with E-state index in [-0.39, 0.29) is 11.8 Å². The Balaban J connectivity index is 2.11. The molecular formula is C20H22N2O3. The van der Waals surface area contributed by atoms with Gasteiger partial charge >= 0.3 is 0 Å². The van der Waals surface area contributed by atoms with Gasteiger partial charge in [-0.25, -0.2) is 0 Å². The lowest BCUT2D eigenvalue weighted by molar-refractivity contribution is -0.115. The number of amides is 2.